The fourth-order valence-electron chi connectivity index (χ4n) is 3.15. The molecule has 138 valence electrons. The molecule has 5 nitrogen and oxygen atoms in total. The summed E-state index contributed by atoms with van der Waals surface area (Å²) in [6.07, 6.45) is 5.76. The number of pyridine rings is 1. The third-order valence-corrected chi connectivity index (χ3v) is 4.62. The summed E-state index contributed by atoms with van der Waals surface area (Å²) in [6, 6.07) is 14.6. The Bertz CT molecular complexity index is 705. The van der Waals surface area contributed by atoms with Crippen molar-refractivity contribution in [3.8, 4) is 0 Å². The molecule has 1 aliphatic heterocycles. The lowest BCUT2D eigenvalue weighted by Gasteiger charge is -2.27. The predicted molar refractivity (Wildman–Crippen MR) is 108 cm³/mol. The van der Waals surface area contributed by atoms with Gasteiger partial charge < -0.3 is 15.1 Å². The largest absolute Gasteiger partial charge is 0.357 e. The van der Waals surface area contributed by atoms with Crippen molar-refractivity contribution in [1.29, 1.82) is 0 Å². The average molecular weight is 351 g/mol. The molecule has 0 unspecified atom stereocenters. The summed E-state index contributed by atoms with van der Waals surface area (Å²) in [4.78, 5) is 13.7. The van der Waals surface area contributed by atoms with Crippen LogP contribution >= 0.6 is 0 Å². The van der Waals surface area contributed by atoms with Gasteiger partial charge in [0.05, 0.1) is 6.54 Å². The Kier molecular flexibility index (Phi) is 6.47. The molecule has 0 spiro atoms. The van der Waals surface area contributed by atoms with Crippen molar-refractivity contribution in [2.24, 2.45) is 4.99 Å². The normalized spacial score (nSPS) is 15.0. The second-order valence-electron chi connectivity index (χ2n) is 6.94. The Hall–Kier alpha value is -2.56. The first-order chi connectivity index (χ1) is 12.7. The highest BCUT2D eigenvalue weighted by atomic mass is 15.3. The lowest BCUT2D eigenvalue weighted by atomic mass is 10.1. The van der Waals surface area contributed by atoms with Crippen LogP contribution in [0.3, 0.4) is 0 Å². The summed E-state index contributed by atoms with van der Waals surface area (Å²) < 4.78 is 0. The lowest BCUT2D eigenvalue weighted by Crippen LogP contribution is -2.36. The summed E-state index contributed by atoms with van der Waals surface area (Å²) in [6.45, 7) is 3.65. The maximum atomic E-state index is 4.78. The maximum Gasteiger partial charge on any atom is 0.194 e. The number of nitrogens with zero attached hydrogens (tertiary/aromatic N) is 4. The molecule has 0 saturated carbocycles. The van der Waals surface area contributed by atoms with E-state index in [9.17, 15) is 0 Å². The number of aromatic nitrogens is 1. The predicted octanol–water partition coefficient (Wildman–Crippen LogP) is 3.28. The average Bonchev–Trinajstić information content (AvgIpc) is 2.69. The third-order valence-electron chi connectivity index (χ3n) is 4.62. The molecule has 1 aromatic carbocycles. The van der Waals surface area contributed by atoms with E-state index in [1.807, 2.05) is 31.3 Å². The Labute approximate surface area is 156 Å². The number of anilines is 1. The van der Waals surface area contributed by atoms with Gasteiger partial charge in [0, 0.05) is 39.9 Å². The molecular weight excluding hydrogens is 322 g/mol. The van der Waals surface area contributed by atoms with Crippen LogP contribution < -0.4 is 10.2 Å². The minimum Gasteiger partial charge on any atom is -0.357 e. The van der Waals surface area contributed by atoms with Crippen LogP contribution in [0.1, 0.15) is 30.4 Å². The summed E-state index contributed by atoms with van der Waals surface area (Å²) in [5.74, 6) is 1.98. The summed E-state index contributed by atoms with van der Waals surface area (Å²) in [7, 11) is 4.03. The van der Waals surface area contributed by atoms with Gasteiger partial charge in [0.25, 0.3) is 0 Å². The van der Waals surface area contributed by atoms with Gasteiger partial charge in [-0.15, -0.1) is 0 Å². The number of hydrogen-bond donors (Lipinski definition) is 1. The summed E-state index contributed by atoms with van der Waals surface area (Å²) >= 11 is 0. The van der Waals surface area contributed by atoms with E-state index in [1.54, 1.807) is 0 Å². The summed E-state index contributed by atoms with van der Waals surface area (Å²) in [5.41, 5.74) is 2.44. The standard InChI is InChI=1S/C21H29N5/c1-25(2)21(23-16-18-9-5-3-6-10-18)24-17-19-11-12-22-20(15-19)26-13-7-4-8-14-26/h3,5-6,9-12,15H,4,7-8,13-14,16-17H2,1-2H3,(H,23,24). The van der Waals surface area contributed by atoms with Crippen LogP contribution in [0.5, 0.6) is 0 Å². The number of benzene rings is 1. The fraction of sp³-hybridized carbons (Fsp3) is 0.429. The van der Waals surface area contributed by atoms with Gasteiger partial charge in [-0.3, -0.25) is 0 Å². The molecule has 0 radical (unpaired) electrons. The summed E-state index contributed by atoms with van der Waals surface area (Å²) in [5, 5.41) is 3.43. The Morgan fingerprint density at radius 2 is 1.85 bits per heavy atom. The molecule has 2 heterocycles. The molecule has 1 fully saturated rings. The van der Waals surface area contributed by atoms with Crippen LogP contribution in [-0.2, 0) is 13.1 Å². The molecule has 26 heavy (non-hydrogen) atoms. The van der Waals surface area contributed by atoms with E-state index in [0.717, 1.165) is 31.4 Å². The molecule has 0 bridgehead atoms. The van der Waals surface area contributed by atoms with Gasteiger partial charge in [-0.1, -0.05) is 30.3 Å². The number of hydrogen-bond acceptors (Lipinski definition) is 3. The maximum absolute atomic E-state index is 4.78. The Balaban J connectivity index is 1.63. The van der Waals surface area contributed by atoms with Crippen molar-refractivity contribution in [2.45, 2.75) is 32.4 Å². The molecule has 0 atom stereocenters. The van der Waals surface area contributed by atoms with E-state index in [1.165, 1.54) is 30.4 Å². The molecule has 1 saturated heterocycles. The van der Waals surface area contributed by atoms with Crippen LogP contribution in [0.25, 0.3) is 0 Å². The van der Waals surface area contributed by atoms with Crippen molar-refractivity contribution < 1.29 is 0 Å². The zero-order chi connectivity index (χ0) is 18.2. The van der Waals surface area contributed by atoms with Crippen molar-refractivity contribution in [2.75, 3.05) is 32.1 Å². The molecule has 1 N–H and O–H groups in total. The fourth-order valence-corrected chi connectivity index (χ4v) is 3.15. The van der Waals surface area contributed by atoms with Crippen molar-refractivity contribution in [3.05, 3.63) is 59.8 Å². The van der Waals surface area contributed by atoms with Gasteiger partial charge >= 0.3 is 0 Å². The molecule has 1 aromatic heterocycles. The molecule has 3 rings (SSSR count). The quantitative estimate of drug-likeness (QED) is 0.663. The van der Waals surface area contributed by atoms with Gasteiger partial charge in [0.15, 0.2) is 5.96 Å². The van der Waals surface area contributed by atoms with Crippen LogP contribution in [-0.4, -0.2) is 43.0 Å². The first-order valence-corrected chi connectivity index (χ1v) is 9.42. The first-order valence-electron chi connectivity index (χ1n) is 9.42. The Morgan fingerprint density at radius 3 is 2.58 bits per heavy atom. The SMILES string of the molecule is CN(C)C(=NCc1ccnc(N2CCCCC2)c1)NCc1ccccc1. The molecule has 0 amide bonds. The van der Waals surface area contributed by atoms with Gasteiger partial charge in [-0.25, -0.2) is 9.98 Å². The molecule has 2 aromatic rings. The van der Waals surface area contributed by atoms with Crippen molar-refractivity contribution >= 4 is 11.8 Å². The van der Waals surface area contributed by atoms with Gasteiger partial charge in [0.2, 0.25) is 0 Å². The van der Waals surface area contributed by atoms with Crippen molar-refractivity contribution in [1.82, 2.24) is 15.2 Å². The van der Waals surface area contributed by atoms with Crippen molar-refractivity contribution in [3.63, 3.8) is 0 Å². The second-order valence-corrected chi connectivity index (χ2v) is 6.94. The smallest absolute Gasteiger partial charge is 0.194 e. The zero-order valence-corrected chi connectivity index (χ0v) is 15.9. The van der Waals surface area contributed by atoms with Gasteiger partial charge in [-0.05, 0) is 42.5 Å². The van der Waals surface area contributed by atoms with Crippen LogP contribution in [0.2, 0.25) is 0 Å². The minimum absolute atomic E-state index is 0.651. The minimum atomic E-state index is 0.651. The number of nitrogens with one attached hydrogen (secondary N) is 1. The monoisotopic (exact) mass is 351 g/mol. The van der Waals surface area contributed by atoms with Crippen LogP contribution in [0.4, 0.5) is 5.82 Å². The van der Waals surface area contributed by atoms with E-state index in [4.69, 9.17) is 4.99 Å². The van der Waals surface area contributed by atoms with Crippen LogP contribution in [0, 0.1) is 0 Å². The number of guanidine groups is 1. The van der Waals surface area contributed by atoms with E-state index < -0.39 is 0 Å². The van der Waals surface area contributed by atoms with E-state index in [2.05, 4.69) is 51.6 Å². The molecule has 5 heteroatoms. The molecule has 0 aliphatic carbocycles. The highest BCUT2D eigenvalue weighted by molar-refractivity contribution is 5.79. The topological polar surface area (TPSA) is 43.8 Å². The zero-order valence-electron chi connectivity index (χ0n) is 15.9. The van der Waals surface area contributed by atoms with Gasteiger partial charge in [0.1, 0.15) is 5.82 Å². The lowest BCUT2D eigenvalue weighted by molar-refractivity contribution is 0.573. The highest BCUT2D eigenvalue weighted by Gasteiger charge is 2.12. The number of aliphatic imine (C=N–C) groups is 1. The highest BCUT2D eigenvalue weighted by Crippen LogP contribution is 2.18. The van der Waals surface area contributed by atoms with E-state index in [-0.39, 0.29) is 0 Å². The first kappa shape index (κ1) is 18.2. The third kappa shape index (κ3) is 5.22. The second kappa shape index (κ2) is 9.22. The molecular formula is C21H29N5. The van der Waals surface area contributed by atoms with E-state index in [0.29, 0.717) is 6.54 Å². The number of piperidine rings is 1. The van der Waals surface area contributed by atoms with Crippen LogP contribution in [0.15, 0.2) is 53.7 Å². The van der Waals surface area contributed by atoms with Gasteiger partial charge in [-0.2, -0.15) is 0 Å². The van der Waals surface area contributed by atoms with E-state index >= 15 is 0 Å². The molecule has 1 aliphatic rings. The Morgan fingerprint density at radius 1 is 1.08 bits per heavy atom. The number of rotatable bonds is 5.